The molecule has 244 valence electrons. The van der Waals surface area contributed by atoms with Crippen molar-refractivity contribution in [3.05, 3.63) is 96.3 Å². The number of imidazole rings is 1. The highest BCUT2D eigenvalue weighted by atomic mass is 32.2. The maximum absolute atomic E-state index is 13.3. The van der Waals surface area contributed by atoms with E-state index in [0.717, 1.165) is 28.3 Å². The van der Waals surface area contributed by atoms with Crippen LogP contribution >= 0.6 is 11.8 Å². The Kier molecular flexibility index (Phi) is 13.2. The Hall–Kier alpha value is -4.22. The van der Waals surface area contributed by atoms with Gasteiger partial charge in [-0.25, -0.2) is 9.78 Å². The molecule has 0 aliphatic rings. The molecular formula is C35H44N6O4S. The minimum absolute atomic E-state index is 0.00547. The summed E-state index contributed by atoms with van der Waals surface area (Å²) in [5.74, 6) is -0.795. The number of fused-ring (bicyclic) bond motifs is 1. The van der Waals surface area contributed by atoms with Crippen molar-refractivity contribution in [2.75, 3.05) is 25.1 Å². The van der Waals surface area contributed by atoms with Crippen molar-refractivity contribution in [3.8, 4) is 0 Å². The van der Waals surface area contributed by atoms with Crippen molar-refractivity contribution in [1.29, 1.82) is 0 Å². The van der Waals surface area contributed by atoms with Gasteiger partial charge in [0.1, 0.15) is 6.04 Å². The number of carbonyl (C=O) groups is 3. The lowest BCUT2D eigenvalue weighted by Crippen LogP contribution is -2.51. The topological polar surface area (TPSA) is 129 Å². The largest absolute Gasteiger partial charge is 0.480 e. The summed E-state index contributed by atoms with van der Waals surface area (Å²) in [5.41, 5.74) is 2.82. The Labute approximate surface area is 275 Å². The van der Waals surface area contributed by atoms with Gasteiger partial charge in [0.25, 0.3) is 0 Å². The third-order valence-electron chi connectivity index (χ3n) is 8.16. The molecule has 2 heterocycles. The van der Waals surface area contributed by atoms with Gasteiger partial charge < -0.3 is 20.3 Å². The van der Waals surface area contributed by atoms with E-state index < -0.39 is 12.0 Å². The molecule has 2 aromatic carbocycles. The molecule has 0 saturated heterocycles. The molecule has 2 amide bonds. The average Bonchev–Trinajstić information content (AvgIpc) is 3.48. The average molecular weight is 645 g/mol. The van der Waals surface area contributed by atoms with Crippen LogP contribution in [0.25, 0.3) is 10.8 Å². The Balaban J connectivity index is 1.49. The van der Waals surface area contributed by atoms with E-state index in [4.69, 9.17) is 0 Å². The molecule has 0 fully saturated rings. The standard InChI is InChI=1S/C35H44N6O4S/c1-4-25(2)32(39-33(42)18-29-21-41(24-37-29)19-26-12-15-36-16-13-26)22-40(23-34(43)38-31(35(44)45)14-17-46-3)20-28-10-7-9-27-8-5-6-11-30(27)28/h5-13,15-16,21,24-25,31-32H,4,14,17-20,22-23H2,1-3H3,(H,38,43)(H,39,42)(H,44,45)/t25-,31-,32+/m0/s1. The number of rotatable bonds is 18. The highest BCUT2D eigenvalue weighted by Gasteiger charge is 2.26. The molecule has 2 aromatic heterocycles. The highest BCUT2D eigenvalue weighted by molar-refractivity contribution is 7.98. The third-order valence-corrected chi connectivity index (χ3v) is 8.80. The van der Waals surface area contributed by atoms with Gasteiger partial charge in [0, 0.05) is 44.3 Å². The SMILES string of the molecule is CC[C@H](C)[C@@H](CN(CC(=O)N[C@@H](CCSC)C(=O)O)Cc1cccc2ccccc12)NC(=O)Cc1cn(Cc2ccncc2)cn1. The number of benzene rings is 2. The van der Waals surface area contributed by atoms with Gasteiger partial charge >= 0.3 is 5.97 Å². The number of hydrogen-bond donors (Lipinski definition) is 3. The number of pyridine rings is 1. The number of nitrogens with one attached hydrogen (secondary N) is 2. The lowest BCUT2D eigenvalue weighted by Gasteiger charge is -2.31. The molecule has 3 N–H and O–H groups in total. The fourth-order valence-electron chi connectivity index (χ4n) is 5.43. The van der Waals surface area contributed by atoms with Gasteiger partial charge in [-0.05, 0) is 58.4 Å². The van der Waals surface area contributed by atoms with Crippen LogP contribution in [0, 0.1) is 5.92 Å². The molecule has 0 unspecified atom stereocenters. The van der Waals surface area contributed by atoms with Gasteiger partial charge in [-0.1, -0.05) is 62.7 Å². The monoisotopic (exact) mass is 644 g/mol. The second-order valence-corrected chi connectivity index (χ2v) is 12.7. The Morgan fingerprint density at radius 3 is 2.52 bits per heavy atom. The van der Waals surface area contributed by atoms with E-state index in [-0.39, 0.29) is 36.7 Å². The van der Waals surface area contributed by atoms with Crippen molar-refractivity contribution < 1.29 is 19.5 Å². The molecular weight excluding hydrogens is 600 g/mol. The minimum Gasteiger partial charge on any atom is -0.480 e. The van der Waals surface area contributed by atoms with Crippen molar-refractivity contribution in [2.24, 2.45) is 5.92 Å². The Morgan fingerprint density at radius 1 is 1.02 bits per heavy atom. The quantitative estimate of drug-likeness (QED) is 0.146. The van der Waals surface area contributed by atoms with Crippen LogP contribution in [0.15, 0.2) is 79.5 Å². The number of aliphatic carboxylic acids is 1. The lowest BCUT2D eigenvalue weighted by atomic mass is 9.97. The first-order valence-electron chi connectivity index (χ1n) is 15.6. The van der Waals surface area contributed by atoms with Gasteiger partial charge in [-0.2, -0.15) is 11.8 Å². The Bertz CT molecular complexity index is 1570. The molecule has 3 atom stereocenters. The van der Waals surface area contributed by atoms with Crippen LogP contribution in [0.2, 0.25) is 0 Å². The highest BCUT2D eigenvalue weighted by Crippen LogP contribution is 2.21. The van der Waals surface area contributed by atoms with Crippen molar-refractivity contribution in [2.45, 2.75) is 58.3 Å². The molecule has 11 heteroatoms. The molecule has 0 bridgehead atoms. The molecule has 46 heavy (non-hydrogen) atoms. The number of nitrogens with zero attached hydrogens (tertiary/aromatic N) is 4. The first-order chi connectivity index (χ1) is 22.2. The van der Waals surface area contributed by atoms with Crippen LogP contribution < -0.4 is 10.6 Å². The zero-order chi connectivity index (χ0) is 32.9. The second kappa shape index (κ2) is 17.5. The van der Waals surface area contributed by atoms with E-state index in [1.807, 2.05) is 58.3 Å². The summed E-state index contributed by atoms with van der Waals surface area (Å²) in [6.07, 6.45) is 10.3. The fraction of sp³-hybridized carbons (Fsp3) is 0.400. The summed E-state index contributed by atoms with van der Waals surface area (Å²) in [6.45, 7) is 5.67. The molecule has 0 spiro atoms. The summed E-state index contributed by atoms with van der Waals surface area (Å²) >= 11 is 1.54. The molecule has 0 aliphatic heterocycles. The van der Waals surface area contributed by atoms with Crippen LogP contribution in [0.1, 0.15) is 43.5 Å². The van der Waals surface area contributed by atoms with E-state index in [2.05, 4.69) is 52.6 Å². The Morgan fingerprint density at radius 2 is 1.78 bits per heavy atom. The van der Waals surface area contributed by atoms with Crippen LogP contribution in [-0.4, -0.2) is 79.5 Å². The number of thioether (sulfide) groups is 1. The fourth-order valence-corrected chi connectivity index (χ4v) is 5.90. The first-order valence-corrected chi connectivity index (χ1v) is 17.0. The van der Waals surface area contributed by atoms with Crippen molar-refractivity contribution in [3.63, 3.8) is 0 Å². The van der Waals surface area contributed by atoms with Crippen LogP contribution in [0.4, 0.5) is 0 Å². The molecule has 4 aromatic rings. The minimum atomic E-state index is -1.05. The molecule has 10 nitrogen and oxygen atoms in total. The van der Waals surface area contributed by atoms with Gasteiger partial charge in [-0.3, -0.25) is 19.5 Å². The smallest absolute Gasteiger partial charge is 0.326 e. The lowest BCUT2D eigenvalue weighted by molar-refractivity contribution is -0.142. The van der Waals surface area contributed by atoms with E-state index in [1.54, 1.807) is 18.7 Å². The normalized spacial score (nSPS) is 13.3. The molecule has 4 rings (SSSR count). The van der Waals surface area contributed by atoms with Gasteiger partial charge in [0.05, 0.1) is 25.0 Å². The second-order valence-electron chi connectivity index (χ2n) is 11.7. The number of hydrogen-bond acceptors (Lipinski definition) is 7. The van der Waals surface area contributed by atoms with Crippen LogP contribution in [0.3, 0.4) is 0 Å². The van der Waals surface area contributed by atoms with Crippen LogP contribution in [0.5, 0.6) is 0 Å². The zero-order valence-electron chi connectivity index (χ0n) is 26.8. The number of amides is 2. The third kappa shape index (κ3) is 10.4. The van der Waals surface area contributed by atoms with E-state index >= 15 is 0 Å². The maximum Gasteiger partial charge on any atom is 0.326 e. The predicted molar refractivity (Wildman–Crippen MR) is 182 cm³/mol. The molecule has 0 radical (unpaired) electrons. The predicted octanol–water partition coefficient (Wildman–Crippen LogP) is 4.38. The number of carbonyl (C=O) groups excluding carboxylic acids is 2. The summed E-state index contributed by atoms with van der Waals surface area (Å²) in [5, 5.41) is 17.8. The first kappa shape index (κ1) is 34.6. The summed E-state index contributed by atoms with van der Waals surface area (Å²) < 4.78 is 1.94. The number of aromatic nitrogens is 3. The van der Waals surface area contributed by atoms with E-state index in [1.165, 1.54) is 11.8 Å². The molecule has 0 aliphatic carbocycles. The molecule has 0 saturated carbocycles. The summed E-state index contributed by atoms with van der Waals surface area (Å²) in [4.78, 5) is 49.0. The van der Waals surface area contributed by atoms with E-state index in [0.29, 0.717) is 37.5 Å². The number of carboxylic acid groups (broad SMARTS) is 1. The zero-order valence-corrected chi connectivity index (χ0v) is 27.6. The van der Waals surface area contributed by atoms with Crippen molar-refractivity contribution >= 4 is 40.3 Å². The van der Waals surface area contributed by atoms with Gasteiger partial charge in [0.2, 0.25) is 11.8 Å². The summed E-state index contributed by atoms with van der Waals surface area (Å²) in [7, 11) is 0. The summed E-state index contributed by atoms with van der Waals surface area (Å²) in [6, 6.07) is 16.9. The van der Waals surface area contributed by atoms with E-state index in [9.17, 15) is 19.5 Å². The van der Waals surface area contributed by atoms with Gasteiger partial charge in [0.15, 0.2) is 0 Å². The van der Waals surface area contributed by atoms with Crippen molar-refractivity contribution in [1.82, 2.24) is 30.1 Å². The van der Waals surface area contributed by atoms with Gasteiger partial charge in [-0.15, -0.1) is 0 Å². The van der Waals surface area contributed by atoms with Crippen LogP contribution in [-0.2, 0) is 33.9 Å². The maximum atomic E-state index is 13.3. The number of carboxylic acids is 1.